The van der Waals surface area contributed by atoms with Crippen LogP contribution in [0.2, 0.25) is 0 Å². The molecule has 2 aliphatic heterocycles. The second-order valence-corrected chi connectivity index (χ2v) is 8.10. The van der Waals surface area contributed by atoms with Crippen molar-refractivity contribution in [3.63, 3.8) is 0 Å². The second kappa shape index (κ2) is 6.76. The molecule has 1 aromatic carbocycles. The van der Waals surface area contributed by atoms with E-state index in [4.69, 9.17) is 4.74 Å². The fourth-order valence-electron chi connectivity index (χ4n) is 3.49. The van der Waals surface area contributed by atoms with Crippen LogP contribution in [0, 0.1) is 5.82 Å². The van der Waals surface area contributed by atoms with E-state index < -0.39 is 11.9 Å². The average molecular weight is 415 g/mol. The number of anilines is 2. The van der Waals surface area contributed by atoms with Crippen molar-refractivity contribution in [1.29, 1.82) is 0 Å². The summed E-state index contributed by atoms with van der Waals surface area (Å²) in [6, 6.07) is 4.78. The van der Waals surface area contributed by atoms with Gasteiger partial charge in [0.2, 0.25) is 0 Å². The van der Waals surface area contributed by atoms with E-state index in [0.29, 0.717) is 41.8 Å². The van der Waals surface area contributed by atoms with Crippen LogP contribution in [0.1, 0.15) is 23.9 Å². The number of hydrogen-bond donors (Lipinski definition) is 0. The van der Waals surface area contributed by atoms with Gasteiger partial charge in [-0.25, -0.2) is 14.2 Å². The minimum absolute atomic E-state index is 0.154. The van der Waals surface area contributed by atoms with E-state index in [1.165, 1.54) is 27.1 Å². The Morgan fingerprint density at radius 1 is 1.34 bits per heavy atom. The number of carbonyl (C=O) groups is 1. The first-order valence-electron chi connectivity index (χ1n) is 9.27. The number of aromatic nitrogens is 5. The summed E-state index contributed by atoms with van der Waals surface area (Å²) in [7, 11) is 1.72. The van der Waals surface area contributed by atoms with Crippen LogP contribution in [0.4, 0.5) is 20.8 Å². The average Bonchev–Trinajstić information content (AvgIpc) is 3.44. The lowest BCUT2D eigenvalue weighted by Gasteiger charge is -2.14. The number of nitrogens with zero attached hydrogens (tertiary/aromatic N) is 7. The summed E-state index contributed by atoms with van der Waals surface area (Å²) in [4.78, 5) is 22.5. The lowest BCUT2D eigenvalue weighted by Crippen LogP contribution is -2.24. The number of amides is 1. The van der Waals surface area contributed by atoms with E-state index in [2.05, 4.69) is 20.4 Å². The Morgan fingerprint density at radius 3 is 2.86 bits per heavy atom. The van der Waals surface area contributed by atoms with Gasteiger partial charge in [-0.2, -0.15) is 4.80 Å². The van der Waals surface area contributed by atoms with E-state index >= 15 is 0 Å². The van der Waals surface area contributed by atoms with Crippen molar-refractivity contribution >= 4 is 29.1 Å². The third kappa shape index (κ3) is 3.11. The number of hydrogen-bond acceptors (Lipinski definition) is 8. The summed E-state index contributed by atoms with van der Waals surface area (Å²) in [5.74, 6) is 0.146. The molecule has 1 amide bonds. The van der Waals surface area contributed by atoms with Crippen LogP contribution >= 0.6 is 11.3 Å². The minimum atomic E-state index is -0.435. The van der Waals surface area contributed by atoms with Crippen molar-refractivity contribution in [3.05, 3.63) is 34.6 Å². The van der Waals surface area contributed by atoms with Gasteiger partial charge in [-0.05, 0) is 29.8 Å². The van der Waals surface area contributed by atoms with Crippen LogP contribution in [0.25, 0.3) is 10.6 Å². The maximum absolute atomic E-state index is 14.8. The van der Waals surface area contributed by atoms with Crippen molar-refractivity contribution in [3.8, 4) is 10.6 Å². The maximum atomic E-state index is 14.8. The SMILES string of the molecule is CC[C@H]1CN(c2ccc(-c3nc4c(s3)CN(c3nnn(C)n3)C4)c(F)c2)C(=O)O1. The van der Waals surface area contributed by atoms with Gasteiger partial charge in [0.15, 0.2) is 0 Å². The molecular weight excluding hydrogens is 397 g/mol. The van der Waals surface area contributed by atoms with E-state index in [1.807, 2.05) is 11.8 Å². The molecule has 1 saturated heterocycles. The normalized spacial score (nSPS) is 18.4. The number of rotatable bonds is 4. The van der Waals surface area contributed by atoms with Crippen LogP contribution in [-0.2, 0) is 24.9 Å². The molecule has 2 aromatic heterocycles. The van der Waals surface area contributed by atoms with E-state index in [1.54, 1.807) is 19.2 Å². The number of ether oxygens (including phenoxy) is 1. The third-order valence-corrected chi connectivity index (χ3v) is 6.17. The summed E-state index contributed by atoms with van der Waals surface area (Å²) in [5, 5.41) is 12.7. The lowest BCUT2D eigenvalue weighted by atomic mass is 10.2. The zero-order valence-electron chi connectivity index (χ0n) is 15.9. The number of tetrazole rings is 1. The smallest absolute Gasteiger partial charge is 0.414 e. The Bertz CT molecular complexity index is 1070. The molecule has 3 aromatic rings. The summed E-state index contributed by atoms with van der Waals surface area (Å²) >= 11 is 1.46. The second-order valence-electron chi connectivity index (χ2n) is 7.01. The van der Waals surface area contributed by atoms with Crippen molar-refractivity contribution in [1.82, 2.24) is 25.2 Å². The molecule has 29 heavy (non-hydrogen) atoms. The number of thiazole rings is 1. The van der Waals surface area contributed by atoms with Gasteiger partial charge in [-0.15, -0.1) is 16.4 Å². The van der Waals surface area contributed by atoms with Crippen molar-refractivity contribution in [2.45, 2.75) is 32.5 Å². The number of halogens is 1. The summed E-state index contributed by atoms with van der Waals surface area (Å²) < 4.78 is 20.1. The molecule has 0 aliphatic carbocycles. The summed E-state index contributed by atoms with van der Waals surface area (Å²) in [5.41, 5.74) is 1.82. The maximum Gasteiger partial charge on any atom is 0.414 e. The van der Waals surface area contributed by atoms with Gasteiger partial charge in [0.25, 0.3) is 5.95 Å². The Kier molecular flexibility index (Phi) is 4.19. The van der Waals surface area contributed by atoms with Gasteiger partial charge < -0.3 is 9.64 Å². The van der Waals surface area contributed by atoms with Crippen LogP contribution in [0.15, 0.2) is 18.2 Å². The van der Waals surface area contributed by atoms with E-state index in [0.717, 1.165) is 17.0 Å². The standard InChI is InChI=1S/C18H18FN7O2S/c1-3-11-7-26(18(27)28-11)10-4-5-12(13(19)6-10)16-20-14-8-25(9-15(14)29-16)17-21-23-24(2)22-17/h4-6,11H,3,7-9H2,1-2H3/t11-/m0/s1. The first-order valence-corrected chi connectivity index (χ1v) is 10.1. The summed E-state index contributed by atoms with van der Waals surface area (Å²) in [6.45, 7) is 3.58. The molecule has 0 unspecified atom stereocenters. The Hall–Kier alpha value is -3.08. The van der Waals surface area contributed by atoms with E-state index in [-0.39, 0.29) is 6.10 Å². The predicted octanol–water partition coefficient (Wildman–Crippen LogP) is 2.73. The molecule has 0 saturated carbocycles. The lowest BCUT2D eigenvalue weighted by molar-refractivity contribution is 0.139. The molecule has 1 fully saturated rings. The predicted molar refractivity (Wildman–Crippen MR) is 104 cm³/mol. The number of fused-ring (bicyclic) bond motifs is 1. The van der Waals surface area contributed by atoms with Crippen LogP contribution in [-0.4, -0.2) is 43.9 Å². The molecule has 11 heteroatoms. The highest BCUT2D eigenvalue weighted by Gasteiger charge is 2.32. The quantitative estimate of drug-likeness (QED) is 0.647. The zero-order valence-corrected chi connectivity index (χ0v) is 16.7. The highest BCUT2D eigenvalue weighted by atomic mass is 32.1. The number of carbonyl (C=O) groups excluding carboxylic acids is 1. The molecule has 0 radical (unpaired) electrons. The third-order valence-electron chi connectivity index (χ3n) is 5.06. The zero-order chi connectivity index (χ0) is 20.1. The molecule has 0 bridgehead atoms. The molecule has 0 spiro atoms. The van der Waals surface area contributed by atoms with Gasteiger partial charge in [-0.3, -0.25) is 4.90 Å². The van der Waals surface area contributed by atoms with Crippen LogP contribution in [0.3, 0.4) is 0 Å². The number of aryl methyl sites for hydroxylation is 1. The Balaban J connectivity index is 1.36. The molecule has 1 atom stereocenters. The van der Waals surface area contributed by atoms with Gasteiger partial charge in [0, 0.05) is 10.4 Å². The van der Waals surface area contributed by atoms with Crippen LogP contribution < -0.4 is 9.80 Å². The largest absolute Gasteiger partial charge is 0.444 e. The minimum Gasteiger partial charge on any atom is -0.444 e. The van der Waals surface area contributed by atoms with Gasteiger partial charge >= 0.3 is 6.09 Å². The Morgan fingerprint density at radius 2 is 2.21 bits per heavy atom. The van der Waals surface area contributed by atoms with Crippen molar-refractivity contribution < 1.29 is 13.9 Å². The van der Waals surface area contributed by atoms with Crippen molar-refractivity contribution in [2.75, 3.05) is 16.3 Å². The fourth-order valence-corrected chi connectivity index (χ4v) is 4.60. The first kappa shape index (κ1) is 18.0. The highest BCUT2D eigenvalue weighted by Crippen LogP contribution is 2.37. The molecule has 9 nitrogen and oxygen atoms in total. The summed E-state index contributed by atoms with van der Waals surface area (Å²) in [6.07, 6.45) is 0.142. The molecular formula is C18H18FN7O2S. The fraction of sp³-hybridized carbons (Fsp3) is 0.389. The van der Waals surface area contributed by atoms with Gasteiger partial charge in [0.1, 0.15) is 16.9 Å². The topological polar surface area (TPSA) is 89.3 Å². The molecule has 4 heterocycles. The van der Waals surface area contributed by atoms with Gasteiger partial charge in [-0.1, -0.05) is 12.0 Å². The van der Waals surface area contributed by atoms with Crippen molar-refractivity contribution in [2.24, 2.45) is 7.05 Å². The monoisotopic (exact) mass is 415 g/mol. The Labute approximate surface area is 169 Å². The number of benzene rings is 1. The highest BCUT2D eigenvalue weighted by molar-refractivity contribution is 7.15. The van der Waals surface area contributed by atoms with Crippen LogP contribution in [0.5, 0.6) is 0 Å². The molecule has 2 aliphatic rings. The molecule has 150 valence electrons. The molecule has 5 rings (SSSR count). The molecule has 0 N–H and O–H groups in total. The van der Waals surface area contributed by atoms with Gasteiger partial charge in [0.05, 0.1) is 38.1 Å². The number of cyclic esters (lactones) is 1. The van der Waals surface area contributed by atoms with E-state index in [9.17, 15) is 9.18 Å². The first-order chi connectivity index (χ1) is 14.0.